The summed E-state index contributed by atoms with van der Waals surface area (Å²) in [5.41, 5.74) is 1.04. The molecule has 3 unspecified atom stereocenters. The van der Waals surface area contributed by atoms with Gasteiger partial charge in [0, 0.05) is 11.0 Å². The molecule has 2 saturated carbocycles. The highest BCUT2D eigenvalue weighted by atomic mass is 16.5. The molecule has 3 atom stereocenters. The second-order valence-corrected chi connectivity index (χ2v) is 6.46. The van der Waals surface area contributed by atoms with E-state index < -0.39 is 0 Å². The van der Waals surface area contributed by atoms with Crippen LogP contribution < -0.4 is 0 Å². The van der Waals surface area contributed by atoms with Crippen LogP contribution in [0.3, 0.4) is 0 Å². The largest absolute Gasteiger partial charge is 0.458 e. The Labute approximate surface area is 104 Å². The van der Waals surface area contributed by atoms with Gasteiger partial charge in [0.15, 0.2) is 0 Å². The molecule has 96 valence electrons. The topological polar surface area (TPSA) is 26.3 Å². The first kappa shape index (κ1) is 12.7. The average molecular weight is 236 g/mol. The Bertz CT molecular complexity index is 356. The smallest absolute Gasteiger partial charge is 0.333 e. The molecule has 0 aromatic heterocycles. The van der Waals surface area contributed by atoms with Gasteiger partial charge in [0.25, 0.3) is 0 Å². The van der Waals surface area contributed by atoms with Crippen molar-refractivity contribution in [2.45, 2.75) is 59.5 Å². The molecule has 2 heteroatoms. The minimum absolute atomic E-state index is 0.0899. The number of carbonyl (C=O) groups is 1. The van der Waals surface area contributed by atoms with Crippen molar-refractivity contribution >= 4 is 5.97 Å². The maximum atomic E-state index is 11.8. The molecular weight excluding hydrogens is 212 g/mol. The molecule has 0 heterocycles. The molecule has 2 nitrogen and oxygen atoms in total. The van der Waals surface area contributed by atoms with E-state index in [0.717, 1.165) is 6.42 Å². The SMILES string of the molecule is C=C(CC)C(=O)OC1CC2CCC1(C)C2(C)C. The van der Waals surface area contributed by atoms with E-state index in [1.165, 1.54) is 12.8 Å². The van der Waals surface area contributed by atoms with E-state index in [0.29, 0.717) is 23.3 Å². The Morgan fingerprint density at radius 2 is 2.06 bits per heavy atom. The van der Waals surface area contributed by atoms with Crippen molar-refractivity contribution in [3.05, 3.63) is 12.2 Å². The predicted molar refractivity (Wildman–Crippen MR) is 68.5 cm³/mol. The van der Waals surface area contributed by atoms with Crippen molar-refractivity contribution in [2.75, 3.05) is 0 Å². The monoisotopic (exact) mass is 236 g/mol. The maximum Gasteiger partial charge on any atom is 0.333 e. The van der Waals surface area contributed by atoms with Crippen LogP contribution in [0.5, 0.6) is 0 Å². The van der Waals surface area contributed by atoms with E-state index in [1.54, 1.807) is 0 Å². The lowest BCUT2D eigenvalue weighted by molar-refractivity contribution is -0.152. The molecule has 2 aliphatic carbocycles. The summed E-state index contributed by atoms with van der Waals surface area (Å²) in [5.74, 6) is 0.516. The first-order chi connectivity index (χ1) is 7.83. The van der Waals surface area contributed by atoms with E-state index in [1.807, 2.05) is 6.92 Å². The van der Waals surface area contributed by atoms with Gasteiger partial charge >= 0.3 is 5.97 Å². The van der Waals surface area contributed by atoms with Crippen LogP contribution in [0, 0.1) is 16.7 Å². The fraction of sp³-hybridized carbons (Fsp3) is 0.800. The van der Waals surface area contributed by atoms with Gasteiger partial charge in [0.05, 0.1) is 0 Å². The zero-order valence-corrected chi connectivity index (χ0v) is 11.5. The molecule has 0 saturated heterocycles. The number of hydrogen-bond donors (Lipinski definition) is 0. The molecule has 2 aliphatic rings. The molecular formula is C15H24O2. The summed E-state index contributed by atoms with van der Waals surface area (Å²) in [7, 11) is 0. The fourth-order valence-corrected chi connectivity index (χ4v) is 3.67. The van der Waals surface area contributed by atoms with E-state index >= 15 is 0 Å². The second-order valence-electron chi connectivity index (χ2n) is 6.46. The summed E-state index contributed by atoms with van der Waals surface area (Å²) in [6, 6.07) is 0. The van der Waals surface area contributed by atoms with Gasteiger partial charge in [0.2, 0.25) is 0 Å². The van der Waals surface area contributed by atoms with Gasteiger partial charge in [-0.2, -0.15) is 0 Å². The van der Waals surface area contributed by atoms with Crippen molar-refractivity contribution in [1.29, 1.82) is 0 Å². The number of esters is 1. The highest BCUT2D eigenvalue weighted by Gasteiger charge is 2.62. The van der Waals surface area contributed by atoms with Crippen molar-refractivity contribution in [3.8, 4) is 0 Å². The van der Waals surface area contributed by atoms with Crippen molar-refractivity contribution in [1.82, 2.24) is 0 Å². The number of hydrogen-bond acceptors (Lipinski definition) is 2. The molecule has 17 heavy (non-hydrogen) atoms. The van der Waals surface area contributed by atoms with Crippen molar-refractivity contribution < 1.29 is 9.53 Å². The third-order valence-electron chi connectivity index (χ3n) is 5.68. The fourth-order valence-electron chi connectivity index (χ4n) is 3.67. The lowest BCUT2D eigenvalue weighted by Crippen LogP contribution is -2.38. The Morgan fingerprint density at radius 3 is 2.47 bits per heavy atom. The first-order valence-corrected chi connectivity index (χ1v) is 6.71. The van der Waals surface area contributed by atoms with Crippen LogP contribution in [0.15, 0.2) is 12.2 Å². The zero-order valence-electron chi connectivity index (χ0n) is 11.5. The molecule has 2 rings (SSSR count). The van der Waals surface area contributed by atoms with Gasteiger partial charge in [-0.05, 0) is 37.0 Å². The lowest BCUT2D eigenvalue weighted by atomic mass is 9.70. The Balaban J connectivity index is 2.11. The maximum absolute atomic E-state index is 11.8. The summed E-state index contributed by atoms with van der Waals surface area (Å²) in [6.45, 7) is 12.6. The van der Waals surface area contributed by atoms with Crippen LogP contribution in [0.2, 0.25) is 0 Å². The molecule has 2 fully saturated rings. The van der Waals surface area contributed by atoms with Gasteiger partial charge in [-0.1, -0.05) is 34.3 Å². The van der Waals surface area contributed by atoms with Crippen LogP contribution in [0.1, 0.15) is 53.4 Å². The summed E-state index contributed by atoms with van der Waals surface area (Å²) in [4.78, 5) is 11.8. The molecule has 0 aromatic rings. The van der Waals surface area contributed by atoms with Crippen molar-refractivity contribution in [3.63, 3.8) is 0 Å². The minimum atomic E-state index is -0.193. The summed E-state index contributed by atoms with van der Waals surface area (Å²) >= 11 is 0. The average Bonchev–Trinajstić information content (AvgIpc) is 2.60. The number of carbonyl (C=O) groups excluding carboxylic acids is 1. The zero-order chi connectivity index (χ0) is 12.8. The summed E-state index contributed by atoms with van der Waals surface area (Å²) in [6.07, 6.45) is 4.27. The quantitative estimate of drug-likeness (QED) is 0.551. The third kappa shape index (κ3) is 1.64. The molecule has 0 amide bonds. The number of fused-ring (bicyclic) bond motifs is 2. The van der Waals surface area contributed by atoms with Crippen LogP contribution in [-0.4, -0.2) is 12.1 Å². The van der Waals surface area contributed by atoms with Crippen LogP contribution in [-0.2, 0) is 9.53 Å². The molecule has 0 aromatic carbocycles. The highest BCUT2D eigenvalue weighted by Crippen LogP contribution is 2.66. The molecule has 0 radical (unpaired) electrons. The van der Waals surface area contributed by atoms with E-state index in [2.05, 4.69) is 27.4 Å². The van der Waals surface area contributed by atoms with Crippen LogP contribution in [0.4, 0.5) is 0 Å². The summed E-state index contributed by atoms with van der Waals surface area (Å²) < 4.78 is 5.70. The number of rotatable bonds is 3. The van der Waals surface area contributed by atoms with Gasteiger partial charge < -0.3 is 4.74 Å². The van der Waals surface area contributed by atoms with Crippen LogP contribution in [0.25, 0.3) is 0 Å². The van der Waals surface area contributed by atoms with Gasteiger partial charge in [-0.25, -0.2) is 4.79 Å². The van der Waals surface area contributed by atoms with Crippen LogP contribution >= 0.6 is 0 Å². The highest BCUT2D eigenvalue weighted by molar-refractivity contribution is 5.87. The number of ether oxygens (including phenoxy) is 1. The molecule has 2 bridgehead atoms. The lowest BCUT2D eigenvalue weighted by Gasteiger charge is -2.38. The molecule has 0 N–H and O–H groups in total. The van der Waals surface area contributed by atoms with Gasteiger partial charge in [-0.15, -0.1) is 0 Å². The van der Waals surface area contributed by atoms with E-state index in [-0.39, 0.29) is 17.5 Å². The third-order valence-corrected chi connectivity index (χ3v) is 5.68. The molecule has 0 spiro atoms. The predicted octanol–water partition coefficient (Wildman–Crippen LogP) is 3.71. The van der Waals surface area contributed by atoms with Gasteiger partial charge in [0.1, 0.15) is 6.10 Å². The normalized spacial score (nSPS) is 38.1. The Hall–Kier alpha value is -0.790. The second kappa shape index (κ2) is 3.86. The Kier molecular flexibility index (Phi) is 2.87. The van der Waals surface area contributed by atoms with Crippen molar-refractivity contribution in [2.24, 2.45) is 16.7 Å². The Morgan fingerprint density at radius 1 is 1.41 bits per heavy atom. The summed E-state index contributed by atoms with van der Waals surface area (Å²) in [5, 5.41) is 0. The van der Waals surface area contributed by atoms with Gasteiger partial charge in [-0.3, -0.25) is 0 Å². The molecule has 0 aliphatic heterocycles. The standard InChI is InChI=1S/C15H24O2/c1-6-10(2)13(16)17-12-9-11-7-8-15(12,5)14(11,3)4/h11-12H,2,6-9H2,1,3-5H3. The first-order valence-electron chi connectivity index (χ1n) is 6.71. The van der Waals surface area contributed by atoms with E-state index in [4.69, 9.17) is 4.74 Å². The van der Waals surface area contributed by atoms with E-state index in [9.17, 15) is 4.79 Å². The minimum Gasteiger partial charge on any atom is -0.458 e.